The van der Waals surface area contributed by atoms with Gasteiger partial charge < -0.3 is 5.32 Å². The number of rotatable bonds is 6. The second-order valence-corrected chi connectivity index (χ2v) is 9.14. The molecular weight excluding hydrogens is 447 g/mol. The summed E-state index contributed by atoms with van der Waals surface area (Å²) in [7, 11) is 0. The lowest BCUT2D eigenvalue weighted by Crippen LogP contribution is -2.27. The quantitative estimate of drug-likeness (QED) is 0.536. The highest BCUT2D eigenvalue weighted by atomic mass is 35.5. The van der Waals surface area contributed by atoms with Crippen LogP contribution in [0.5, 0.6) is 0 Å². The number of dihydropyridines is 1. The Balaban J connectivity index is 1.90. The van der Waals surface area contributed by atoms with E-state index in [4.69, 9.17) is 23.2 Å². The minimum atomic E-state index is -0.429. The van der Waals surface area contributed by atoms with Gasteiger partial charge in [-0.2, -0.15) is 5.26 Å². The van der Waals surface area contributed by atoms with Gasteiger partial charge in [-0.1, -0.05) is 41.0 Å². The highest BCUT2D eigenvalue weighted by Gasteiger charge is 2.33. The van der Waals surface area contributed by atoms with Gasteiger partial charge in [0, 0.05) is 21.7 Å². The molecule has 1 aromatic carbocycles. The van der Waals surface area contributed by atoms with Crippen molar-refractivity contribution in [3.8, 4) is 6.07 Å². The molecule has 148 valence electrons. The molecule has 2 aromatic rings. The number of thioether (sulfide) groups is 1. The molecule has 0 radical (unpaired) electrons. The van der Waals surface area contributed by atoms with Gasteiger partial charge in [-0.25, -0.2) is 0 Å². The molecule has 1 aliphatic rings. The van der Waals surface area contributed by atoms with Crippen LogP contribution in [0.1, 0.15) is 35.0 Å². The molecule has 0 saturated heterocycles. The van der Waals surface area contributed by atoms with Gasteiger partial charge in [-0.15, -0.1) is 11.3 Å². The first-order valence-corrected chi connectivity index (χ1v) is 11.2. The smallest absolute Gasteiger partial charge is 0.173 e. The van der Waals surface area contributed by atoms with Crippen LogP contribution in [-0.4, -0.2) is 17.3 Å². The Kier molecular flexibility index (Phi) is 6.86. The van der Waals surface area contributed by atoms with E-state index in [-0.39, 0.29) is 17.3 Å². The fourth-order valence-corrected chi connectivity index (χ4v) is 5.25. The number of benzene rings is 1. The summed E-state index contributed by atoms with van der Waals surface area (Å²) < 4.78 is 0. The van der Waals surface area contributed by atoms with E-state index in [0.29, 0.717) is 37.5 Å². The summed E-state index contributed by atoms with van der Waals surface area (Å²) in [6, 6.07) is 10.8. The molecule has 1 aromatic heterocycles. The number of allylic oxidation sites excluding steroid dienone is 3. The Morgan fingerprint density at radius 2 is 2.03 bits per heavy atom. The fourth-order valence-electron chi connectivity index (χ4n) is 3.12. The first-order chi connectivity index (χ1) is 13.8. The second kappa shape index (κ2) is 9.19. The molecule has 0 aliphatic carbocycles. The van der Waals surface area contributed by atoms with E-state index in [9.17, 15) is 14.9 Å². The fraction of sp³-hybridized carbons (Fsp3) is 0.190. The SMILES string of the molecule is CC(=O)C1=C(C)NC(SCC(=O)c2ccc(Cl)c(Cl)c2)=C(C#N)[C@H]1c1cccs1. The summed E-state index contributed by atoms with van der Waals surface area (Å²) in [5.74, 6) is -0.532. The number of carbonyl (C=O) groups excluding carboxylic acids is 2. The van der Waals surface area contributed by atoms with Crippen molar-refractivity contribution in [2.45, 2.75) is 19.8 Å². The van der Waals surface area contributed by atoms with E-state index in [2.05, 4.69) is 11.4 Å². The normalized spacial score (nSPS) is 16.4. The Morgan fingerprint density at radius 1 is 1.28 bits per heavy atom. The molecule has 1 atom stereocenters. The highest BCUT2D eigenvalue weighted by molar-refractivity contribution is 8.03. The lowest BCUT2D eigenvalue weighted by atomic mass is 9.85. The lowest BCUT2D eigenvalue weighted by molar-refractivity contribution is -0.113. The van der Waals surface area contributed by atoms with Crippen molar-refractivity contribution in [3.63, 3.8) is 0 Å². The average Bonchev–Trinajstić information content (AvgIpc) is 3.21. The van der Waals surface area contributed by atoms with Crippen LogP contribution in [0.4, 0.5) is 0 Å². The van der Waals surface area contributed by atoms with Crippen LogP contribution in [0.25, 0.3) is 0 Å². The zero-order valence-corrected chi connectivity index (χ0v) is 18.7. The number of nitrogens with zero attached hydrogens (tertiary/aromatic N) is 1. The summed E-state index contributed by atoms with van der Waals surface area (Å²) >= 11 is 14.6. The van der Waals surface area contributed by atoms with Crippen molar-refractivity contribution >= 4 is 57.9 Å². The Hall–Kier alpha value is -2.04. The lowest BCUT2D eigenvalue weighted by Gasteiger charge is -2.28. The molecule has 1 aliphatic heterocycles. The molecule has 0 bridgehead atoms. The van der Waals surface area contributed by atoms with Gasteiger partial charge in [0.25, 0.3) is 0 Å². The average molecular weight is 463 g/mol. The summed E-state index contributed by atoms with van der Waals surface area (Å²) in [5.41, 5.74) is 2.16. The molecule has 4 nitrogen and oxygen atoms in total. The summed E-state index contributed by atoms with van der Waals surface area (Å²) in [4.78, 5) is 25.8. The van der Waals surface area contributed by atoms with Gasteiger partial charge >= 0.3 is 0 Å². The van der Waals surface area contributed by atoms with Crippen molar-refractivity contribution in [2.75, 3.05) is 5.75 Å². The zero-order valence-electron chi connectivity index (χ0n) is 15.6. The van der Waals surface area contributed by atoms with Crippen LogP contribution in [0.2, 0.25) is 10.0 Å². The third kappa shape index (κ3) is 4.59. The molecule has 0 amide bonds. The van der Waals surface area contributed by atoms with Crippen LogP contribution in [-0.2, 0) is 4.79 Å². The van der Waals surface area contributed by atoms with E-state index < -0.39 is 5.92 Å². The predicted molar refractivity (Wildman–Crippen MR) is 119 cm³/mol. The maximum atomic E-state index is 12.6. The molecule has 1 N–H and O–H groups in total. The topological polar surface area (TPSA) is 70.0 Å². The maximum absolute atomic E-state index is 12.6. The molecular formula is C21H16Cl2N2O2S2. The number of hydrogen-bond acceptors (Lipinski definition) is 6. The Labute approximate surface area is 187 Å². The molecule has 0 fully saturated rings. The number of Topliss-reactive ketones (excluding diaryl/α,β-unsaturated/α-hetero) is 2. The molecule has 3 rings (SSSR count). The van der Waals surface area contributed by atoms with Crippen molar-refractivity contribution < 1.29 is 9.59 Å². The van der Waals surface area contributed by atoms with E-state index >= 15 is 0 Å². The van der Waals surface area contributed by atoms with Gasteiger partial charge in [0.05, 0.1) is 38.4 Å². The van der Waals surface area contributed by atoms with Crippen molar-refractivity contribution in [1.82, 2.24) is 5.32 Å². The molecule has 2 heterocycles. The molecule has 0 saturated carbocycles. The molecule has 29 heavy (non-hydrogen) atoms. The maximum Gasteiger partial charge on any atom is 0.173 e. The van der Waals surface area contributed by atoms with Crippen LogP contribution in [0, 0.1) is 11.3 Å². The number of thiophene rings is 1. The van der Waals surface area contributed by atoms with Gasteiger partial charge in [0.15, 0.2) is 11.6 Å². The minimum absolute atomic E-state index is 0.0860. The van der Waals surface area contributed by atoms with Crippen molar-refractivity contribution in [1.29, 1.82) is 5.26 Å². The zero-order chi connectivity index (χ0) is 21.1. The van der Waals surface area contributed by atoms with Crippen molar-refractivity contribution in [2.24, 2.45) is 0 Å². The molecule has 0 unspecified atom stereocenters. The number of hydrogen-bond donors (Lipinski definition) is 1. The van der Waals surface area contributed by atoms with Gasteiger partial charge in [0.1, 0.15) is 0 Å². The predicted octanol–water partition coefficient (Wildman–Crippen LogP) is 5.96. The molecule has 0 spiro atoms. The van der Waals surface area contributed by atoms with Gasteiger partial charge in [-0.3, -0.25) is 9.59 Å². The Morgan fingerprint density at radius 3 is 2.62 bits per heavy atom. The number of nitriles is 1. The number of carbonyl (C=O) groups is 2. The summed E-state index contributed by atoms with van der Waals surface area (Å²) in [6.07, 6.45) is 0. The van der Waals surface area contributed by atoms with E-state index in [1.807, 2.05) is 24.4 Å². The number of ketones is 2. The second-order valence-electron chi connectivity index (χ2n) is 6.36. The van der Waals surface area contributed by atoms with Gasteiger partial charge in [0.2, 0.25) is 0 Å². The van der Waals surface area contributed by atoms with E-state index in [1.165, 1.54) is 36.1 Å². The van der Waals surface area contributed by atoms with Crippen LogP contribution >= 0.6 is 46.3 Å². The largest absolute Gasteiger partial charge is 0.353 e. The number of halogens is 2. The van der Waals surface area contributed by atoms with E-state index in [1.54, 1.807) is 12.1 Å². The number of nitrogens with one attached hydrogen (secondary N) is 1. The highest BCUT2D eigenvalue weighted by Crippen LogP contribution is 2.42. The monoisotopic (exact) mass is 462 g/mol. The summed E-state index contributed by atoms with van der Waals surface area (Å²) in [5, 5.41) is 16.2. The third-order valence-electron chi connectivity index (χ3n) is 4.44. The Bertz CT molecular complexity index is 1080. The first-order valence-electron chi connectivity index (χ1n) is 8.61. The minimum Gasteiger partial charge on any atom is -0.353 e. The van der Waals surface area contributed by atoms with Crippen molar-refractivity contribution in [3.05, 3.63) is 78.1 Å². The molecule has 8 heteroatoms. The third-order valence-corrected chi connectivity index (χ3v) is 7.14. The summed E-state index contributed by atoms with van der Waals surface area (Å²) in [6.45, 7) is 3.31. The van der Waals surface area contributed by atoms with Crippen LogP contribution < -0.4 is 5.32 Å². The standard InChI is InChI=1S/C21H16Cl2N2O2S2/c1-11-19(12(2)26)20(18-4-3-7-28-18)14(9-24)21(25-11)29-10-17(27)13-5-6-15(22)16(23)8-13/h3-8,20,25H,10H2,1-2H3/t20-/m0/s1. The van der Waals surface area contributed by atoms with E-state index in [0.717, 1.165) is 4.88 Å². The van der Waals surface area contributed by atoms with Gasteiger partial charge in [-0.05, 0) is 43.5 Å². The first kappa shape index (κ1) is 21.7. The van der Waals surface area contributed by atoms with Crippen LogP contribution in [0.3, 0.4) is 0 Å². The van der Waals surface area contributed by atoms with Crippen LogP contribution in [0.15, 0.2) is 57.6 Å².